The van der Waals surface area contributed by atoms with Gasteiger partial charge in [-0.1, -0.05) is 6.07 Å². The van der Waals surface area contributed by atoms with Gasteiger partial charge < -0.3 is 15.2 Å². The van der Waals surface area contributed by atoms with Gasteiger partial charge in [0.2, 0.25) is 0 Å². The maximum absolute atomic E-state index is 6.06. The van der Waals surface area contributed by atoms with Gasteiger partial charge in [0.1, 0.15) is 5.75 Å². The van der Waals surface area contributed by atoms with Gasteiger partial charge in [0, 0.05) is 12.6 Å². The summed E-state index contributed by atoms with van der Waals surface area (Å²) in [7, 11) is 1.66. The summed E-state index contributed by atoms with van der Waals surface area (Å²) in [4.78, 5) is 0. The summed E-state index contributed by atoms with van der Waals surface area (Å²) < 4.78 is 11.9. The second-order valence-electron chi connectivity index (χ2n) is 3.99. The summed E-state index contributed by atoms with van der Waals surface area (Å²) >= 11 is 3.47. The fraction of sp³-hybridized carbons (Fsp3) is 0.500. The zero-order chi connectivity index (χ0) is 11.5. The fourth-order valence-electron chi connectivity index (χ4n) is 2.01. The molecular formula is C12H16BrNO2. The maximum Gasteiger partial charge on any atom is 0.133 e. The van der Waals surface area contributed by atoms with E-state index in [1.165, 1.54) is 0 Å². The van der Waals surface area contributed by atoms with Crippen molar-refractivity contribution in [2.45, 2.75) is 25.0 Å². The lowest BCUT2D eigenvalue weighted by molar-refractivity contribution is 0.0000907. The van der Waals surface area contributed by atoms with Gasteiger partial charge in [-0.3, -0.25) is 0 Å². The Labute approximate surface area is 104 Å². The fourth-order valence-corrected chi connectivity index (χ4v) is 2.57. The molecule has 0 aromatic heterocycles. The molecule has 2 N–H and O–H groups in total. The predicted molar refractivity (Wildman–Crippen MR) is 66.6 cm³/mol. The van der Waals surface area contributed by atoms with E-state index in [0.29, 0.717) is 0 Å². The topological polar surface area (TPSA) is 44.5 Å². The van der Waals surface area contributed by atoms with Crippen molar-refractivity contribution in [1.29, 1.82) is 0 Å². The van der Waals surface area contributed by atoms with Crippen LogP contribution < -0.4 is 10.5 Å². The minimum Gasteiger partial charge on any atom is -0.496 e. The van der Waals surface area contributed by atoms with Crippen molar-refractivity contribution in [2.75, 3.05) is 13.7 Å². The Kier molecular flexibility index (Phi) is 3.84. The van der Waals surface area contributed by atoms with E-state index in [4.69, 9.17) is 15.2 Å². The third kappa shape index (κ3) is 2.39. The molecule has 16 heavy (non-hydrogen) atoms. The van der Waals surface area contributed by atoms with Crippen LogP contribution in [0.2, 0.25) is 0 Å². The highest BCUT2D eigenvalue weighted by atomic mass is 79.9. The van der Waals surface area contributed by atoms with Gasteiger partial charge in [-0.15, -0.1) is 0 Å². The first kappa shape index (κ1) is 11.9. The van der Waals surface area contributed by atoms with Crippen LogP contribution in [0.1, 0.15) is 24.5 Å². The molecule has 1 aromatic rings. The minimum absolute atomic E-state index is 0.0101. The van der Waals surface area contributed by atoms with Gasteiger partial charge in [0.15, 0.2) is 0 Å². The summed E-state index contributed by atoms with van der Waals surface area (Å²) in [5.74, 6) is 0.827. The highest BCUT2D eigenvalue weighted by molar-refractivity contribution is 9.10. The number of halogens is 1. The zero-order valence-electron chi connectivity index (χ0n) is 9.28. The Hall–Kier alpha value is -0.580. The van der Waals surface area contributed by atoms with Crippen LogP contribution in [0.5, 0.6) is 5.75 Å². The molecule has 1 fully saturated rings. The van der Waals surface area contributed by atoms with Crippen LogP contribution in [-0.4, -0.2) is 19.8 Å². The van der Waals surface area contributed by atoms with Crippen molar-refractivity contribution in [2.24, 2.45) is 5.73 Å². The molecule has 88 valence electrons. The van der Waals surface area contributed by atoms with Gasteiger partial charge in [-0.25, -0.2) is 0 Å². The van der Waals surface area contributed by atoms with E-state index in [1.54, 1.807) is 7.11 Å². The van der Waals surface area contributed by atoms with E-state index < -0.39 is 0 Å². The van der Waals surface area contributed by atoms with E-state index >= 15 is 0 Å². The van der Waals surface area contributed by atoms with Gasteiger partial charge in [0.25, 0.3) is 0 Å². The number of ether oxygens (including phenoxy) is 2. The molecule has 1 aliphatic heterocycles. The third-order valence-electron chi connectivity index (χ3n) is 2.87. The van der Waals surface area contributed by atoms with Crippen molar-refractivity contribution in [3.05, 3.63) is 28.2 Å². The molecule has 0 amide bonds. The number of methoxy groups -OCH3 is 1. The summed E-state index contributed by atoms with van der Waals surface area (Å²) in [5.41, 5.74) is 7.17. The predicted octanol–water partition coefficient (Wildman–Crippen LogP) is 2.64. The molecular weight excluding hydrogens is 270 g/mol. The number of benzene rings is 1. The molecule has 0 spiro atoms. The third-order valence-corrected chi connectivity index (χ3v) is 3.49. The number of nitrogens with two attached hydrogens (primary N) is 1. The number of hydrogen-bond donors (Lipinski definition) is 1. The molecule has 1 saturated heterocycles. The number of rotatable bonds is 2. The molecule has 3 nitrogen and oxygen atoms in total. The largest absolute Gasteiger partial charge is 0.496 e. The van der Waals surface area contributed by atoms with E-state index in [9.17, 15) is 0 Å². The van der Waals surface area contributed by atoms with Gasteiger partial charge in [0.05, 0.1) is 17.7 Å². The smallest absolute Gasteiger partial charge is 0.133 e. The molecule has 1 aliphatic rings. The van der Waals surface area contributed by atoms with Crippen molar-refractivity contribution in [1.82, 2.24) is 0 Å². The van der Waals surface area contributed by atoms with Crippen LogP contribution in [0.15, 0.2) is 22.7 Å². The summed E-state index contributed by atoms with van der Waals surface area (Å²) in [6.07, 6.45) is 2.08. The zero-order valence-corrected chi connectivity index (χ0v) is 10.9. The SMILES string of the molecule is COc1ccc(C2OCCCC2N)cc1Br. The quantitative estimate of drug-likeness (QED) is 0.909. The molecule has 2 unspecified atom stereocenters. The first-order valence-electron chi connectivity index (χ1n) is 5.43. The van der Waals surface area contributed by atoms with Crippen LogP contribution in [0.3, 0.4) is 0 Å². The minimum atomic E-state index is 0.0101. The number of hydrogen-bond acceptors (Lipinski definition) is 3. The molecule has 1 heterocycles. The second-order valence-corrected chi connectivity index (χ2v) is 4.85. The normalized spacial score (nSPS) is 25.4. The van der Waals surface area contributed by atoms with E-state index in [0.717, 1.165) is 35.2 Å². The van der Waals surface area contributed by atoms with Crippen molar-refractivity contribution >= 4 is 15.9 Å². The first-order valence-corrected chi connectivity index (χ1v) is 6.22. The molecule has 0 saturated carbocycles. The van der Waals surface area contributed by atoms with Crippen LogP contribution in [0, 0.1) is 0 Å². The average Bonchev–Trinajstić information content (AvgIpc) is 2.29. The van der Waals surface area contributed by atoms with Crippen LogP contribution in [0.25, 0.3) is 0 Å². The molecule has 1 aromatic carbocycles. The highest BCUT2D eigenvalue weighted by Gasteiger charge is 2.24. The van der Waals surface area contributed by atoms with Gasteiger partial charge in [-0.2, -0.15) is 0 Å². The second kappa shape index (κ2) is 5.17. The maximum atomic E-state index is 6.06. The van der Waals surface area contributed by atoms with E-state index in [2.05, 4.69) is 15.9 Å². The Morgan fingerprint density at radius 1 is 1.50 bits per heavy atom. The lowest BCUT2D eigenvalue weighted by atomic mass is 9.97. The highest BCUT2D eigenvalue weighted by Crippen LogP contribution is 2.32. The van der Waals surface area contributed by atoms with Gasteiger partial charge in [-0.05, 0) is 46.5 Å². The Morgan fingerprint density at radius 2 is 2.31 bits per heavy atom. The summed E-state index contributed by atoms with van der Waals surface area (Å²) in [6, 6.07) is 6.06. The standard InChI is InChI=1S/C12H16BrNO2/c1-15-11-5-4-8(7-9(11)13)12-10(14)3-2-6-16-12/h4-5,7,10,12H,2-3,6,14H2,1H3. The Bertz CT molecular complexity index is 370. The van der Waals surface area contributed by atoms with Crippen LogP contribution in [-0.2, 0) is 4.74 Å². The summed E-state index contributed by atoms with van der Waals surface area (Å²) in [5, 5.41) is 0. The Balaban J connectivity index is 2.22. The van der Waals surface area contributed by atoms with E-state index in [1.807, 2.05) is 18.2 Å². The molecule has 4 heteroatoms. The lowest BCUT2D eigenvalue weighted by Crippen LogP contribution is -2.34. The monoisotopic (exact) mass is 285 g/mol. The van der Waals surface area contributed by atoms with E-state index in [-0.39, 0.29) is 12.1 Å². The Morgan fingerprint density at radius 3 is 2.94 bits per heavy atom. The molecule has 0 bridgehead atoms. The molecule has 0 aliphatic carbocycles. The summed E-state index contributed by atoms with van der Waals surface area (Å²) in [6.45, 7) is 0.794. The molecule has 0 radical (unpaired) electrons. The molecule has 2 rings (SSSR count). The van der Waals surface area contributed by atoms with Crippen molar-refractivity contribution in [3.63, 3.8) is 0 Å². The van der Waals surface area contributed by atoms with Crippen LogP contribution in [0.4, 0.5) is 0 Å². The lowest BCUT2D eigenvalue weighted by Gasteiger charge is -2.29. The van der Waals surface area contributed by atoms with Crippen molar-refractivity contribution in [3.8, 4) is 5.75 Å². The average molecular weight is 286 g/mol. The van der Waals surface area contributed by atoms with Gasteiger partial charge >= 0.3 is 0 Å². The first-order chi connectivity index (χ1) is 7.72. The van der Waals surface area contributed by atoms with Crippen molar-refractivity contribution < 1.29 is 9.47 Å². The van der Waals surface area contributed by atoms with Crippen LogP contribution >= 0.6 is 15.9 Å². The molecule has 2 atom stereocenters.